The summed E-state index contributed by atoms with van der Waals surface area (Å²) in [6, 6.07) is 4.95. The minimum absolute atomic E-state index is 0.381. The van der Waals surface area contributed by atoms with Crippen molar-refractivity contribution in [2.75, 3.05) is 26.7 Å². The molecule has 0 radical (unpaired) electrons. The van der Waals surface area contributed by atoms with Crippen molar-refractivity contribution < 1.29 is 13.9 Å². The lowest BCUT2D eigenvalue weighted by atomic mass is 10.1. The van der Waals surface area contributed by atoms with Gasteiger partial charge in [-0.25, -0.2) is 9.59 Å². The van der Waals surface area contributed by atoms with Gasteiger partial charge in [0.2, 0.25) is 0 Å². The molecule has 0 atom stereocenters. The first kappa shape index (κ1) is 14.8. The highest BCUT2D eigenvalue weighted by Gasteiger charge is 2.15. The smallest absolute Gasteiger partial charge is 0.419 e. The minimum Gasteiger partial charge on any atom is -0.465 e. The second-order valence-electron chi connectivity index (χ2n) is 5.60. The first-order valence-corrected chi connectivity index (χ1v) is 7.63. The number of esters is 1. The number of piperidine rings is 1. The summed E-state index contributed by atoms with van der Waals surface area (Å²) in [5, 5.41) is 0. The van der Waals surface area contributed by atoms with E-state index in [9.17, 15) is 9.59 Å². The molecule has 0 spiro atoms. The van der Waals surface area contributed by atoms with Crippen LogP contribution in [0.1, 0.15) is 29.6 Å². The van der Waals surface area contributed by atoms with Gasteiger partial charge in [0.25, 0.3) is 0 Å². The zero-order chi connectivity index (χ0) is 15.5. The molecule has 1 aromatic heterocycles. The molecule has 0 saturated carbocycles. The molecular weight excluding hydrogens is 284 g/mol. The van der Waals surface area contributed by atoms with Crippen molar-refractivity contribution in [3.05, 3.63) is 34.3 Å². The predicted octanol–water partition coefficient (Wildman–Crippen LogP) is 1.87. The van der Waals surface area contributed by atoms with E-state index in [1.807, 2.05) is 0 Å². The molecule has 2 aromatic rings. The summed E-state index contributed by atoms with van der Waals surface area (Å²) >= 11 is 0. The van der Waals surface area contributed by atoms with Crippen LogP contribution in [0.3, 0.4) is 0 Å². The van der Waals surface area contributed by atoms with Crippen molar-refractivity contribution in [1.82, 2.24) is 9.47 Å². The zero-order valence-corrected chi connectivity index (χ0v) is 12.7. The standard InChI is InChI=1S/C16H20N2O4/c1-21-15(19)12-5-6-13-14(11-12)22-16(20)18(13)10-9-17-7-3-2-4-8-17/h5-6,11H,2-4,7-10H2,1H3. The van der Waals surface area contributed by atoms with E-state index >= 15 is 0 Å². The summed E-state index contributed by atoms with van der Waals surface area (Å²) in [7, 11) is 1.33. The Morgan fingerprint density at radius 1 is 1.23 bits per heavy atom. The highest BCUT2D eigenvalue weighted by molar-refractivity contribution is 5.93. The van der Waals surface area contributed by atoms with Crippen molar-refractivity contribution in [2.24, 2.45) is 0 Å². The number of ether oxygens (including phenoxy) is 1. The number of likely N-dealkylation sites (tertiary alicyclic amines) is 1. The molecule has 1 aromatic carbocycles. The van der Waals surface area contributed by atoms with Crippen LogP contribution in [0.2, 0.25) is 0 Å². The van der Waals surface area contributed by atoms with Crippen LogP contribution in [0.5, 0.6) is 0 Å². The second-order valence-corrected chi connectivity index (χ2v) is 5.60. The lowest BCUT2D eigenvalue weighted by molar-refractivity contribution is 0.0601. The molecule has 0 amide bonds. The summed E-state index contributed by atoms with van der Waals surface area (Å²) in [4.78, 5) is 25.9. The van der Waals surface area contributed by atoms with Crippen molar-refractivity contribution in [3.8, 4) is 0 Å². The van der Waals surface area contributed by atoms with Gasteiger partial charge >= 0.3 is 11.7 Å². The summed E-state index contributed by atoms with van der Waals surface area (Å²) in [6.07, 6.45) is 3.74. The van der Waals surface area contributed by atoms with E-state index < -0.39 is 5.97 Å². The molecule has 3 rings (SSSR count). The number of aromatic nitrogens is 1. The zero-order valence-electron chi connectivity index (χ0n) is 12.7. The molecular formula is C16H20N2O4. The third kappa shape index (κ3) is 2.92. The van der Waals surface area contributed by atoms with Crippen molar-refractivity contribution >= 4 is 17.1 Å². The fourth-order valence-electron chi connectivity index (χ4n) is 2.95. The molecule has 0 unspecified atom stereocenters. The lowest BCUT2D eigenvalue weighted by Gasteiger charge is -2.26. The molecule has 0 bridgehead atoms. The molecule has 22 heavy (non-hydrogen) atoms. The summed E-state index contributed by atoms with van der Waals surface area (Å²) < 4.78 is 11.6. The summed E-state index contributed by atoms with van der Waals surface area (Å²) in [5.74, 6) is -0.820. The van der Waals surface area contributed by atoms with Gasteiger partial charge in [-0.15, -0.1) is 0 Å². The Labute approximate surface area is 128 Å². The van der Waals surface area contributed by atoms with Gasteiger partial charge in [0.1, 0.15) is 0 Å². The number of hydrogen-bond donors (Lipinski definition) is 0. The largest absolute Gasteiger partial charge is 0.465 e. The van der Waals surface area contributed by atoms with Crippen LogP contribution in [-0.2, 0) is 11.3 Å². The lowest BCUT2D eigenvalue weighted by Crippen LogP contribution is -2.33. The second kappa shape index (κ2) is 6.36. The predicted molar refractivity (Wildman–Crippen MR) is 82.1 cm³/mol. The fraction of sp³-hybridized carbons (Fsp3) is 0.500. The van der Waals surface area contributed by atoms with E-state index in [0.29, 0.717) is 17.7 Å². The van der Waals surface area contributed by atoms with E-state index in [2.05, 4.69) is 9.64 Å². The number of rotatable bonds is 4. The summed E-state index contributed by atoms with van der Waals surface area (Å²) in [5.41, 5.74) is 1.52. The van der Waals surface area contributed by atoms with Crippen molar-refractivity contribution in [1.29, 1.82) is 0 Å². The highest BCUT2D eigenvalue weighted by Crippen LogP contribution is 2.16. The van der Waals surface area contributed by atoms with Crippen molar-refractivity contribution in [2.45, 2.75) is 25.8 Å². The number of benzene rings is 1. The number of carbonyl (C=O) groups is 1. The minimum atomic E-state index is -0.439. The van der Waals surface area contributed by atoms with Gasteiger partial charge in [-0.2, -0.15) is 0 Å². The molecule has 118 valence electrons. The summed E-state index contributed by atoms with van der Waals surface area (Å²) in [6.45, 7) is 3.63. The van der Waals surface area contributed by atoms with Gasteiger partial charge in [0.15, 0.2) is 5.58 Å². The van der Waals surface area contributed by atoms with Crippen LogP contribution in [-0.4, -0.2) is 42.2 Å². The molecule has 1 saturated heterocycles. The Balaban J connectivity index is 1.81. The van der Waals surface area contributed by atoms with Crippen molar-refractivity contribution in [3.63, 3.8) is 0 Å². The number of oxazole rings is 1. The van der Waals surface area contributed by atoms with Gasteiger partial charge < -0.3 is 14.1 Å². The Bertz CT molecular complexity index is 725. The molecule has 0 aliphatic carbocycles. The first-order chi connectivity index (χ1) is 10.7. The van der Waals surface area contributed by atoms with Gasteiger partial charge in [-0.05, 0) is 44.1 Å². The monoisotopic (exact) mass is 304 g/mol. The average molecular weight is 304 g/mol. The van der Waals surface area contributed by atoms with Gasteiger partial charge in [-0.3, -0.25) is 4.57 Å². The van der Waals surface area contributed by atoms with Crippen LogP contribution in [0.4, 0.5) is 0 Å². The Morgan fingerprint density at radius 3 is 2.73 bits per heavy atom. The Hall–Kier alpha value is -2.08. The molecule has 2 heterocycles. The van der Waals surface area contributed by atoms with Gasteiger partial charge in [0, 0.05) is 13.1 Å². The topological polar surface area (TPSA) is 64.7 Å². The number of hydrogen-bond acceptors (Lipinski definition) is 5. The molecule has 1 aliphatic heterocycles. The van der Waals surface area contributed by atoms with E-state index in [1.54, 1.807) is 22.8 Å². The van der Waals surface area contributed by atoms with E-state index in [-0.39, 0.29) is 5.76 Å². The van der Waals surface area contributed by atoms with E-state index in [4.69, 9.17) is 4.42 Å². The van der Waals surface area contributed by atoms with E-state index in [0.717, 1.165) is 25.2 Å². The number of methoxy groups -OCH3 is 1. The maximum Gasteiger partial charge on any atom is 0.419 e. The number of fused-ring (bicyclic) bond motifs is 1. The molecule has 6 heteroatoms. The third-order valence-electron chi connectivity index (χ3n) is 4.18. The highest BCUT2D eigenvalue weighted by atomic mass is 16.5. The first-order valence-electron chi connectivity index (χ1n) is 7.63. The van der Waals surface area contributed by atoms with Crippen LogP contribution in [0.15, 0.2) is 27.4 Å². The van der Waals surface area contributed by atoms with Gasteiger partial charge in [-0.1, -0.05) is 6.42 Å². The Morgan fingerprint density at radius 2 is 2.00 bits per heavy atom. The fourth-order valence-corrected chi connectivity index (χ4v) is 2.95. The maximum atomic E-state index is 12.0. The maximum absolute atomic E-state index is 12.0. The van der Waals surface area contributed by atoms with E-state index in [1.165, 1.54) is 26.4 Å². The molecule has 0 N–H and O–H groups in total. The number of carbonyl (C=O) groups excluding carboxylic acids is 1. The van der Waals surface area contributed by atoms with Crippen LogP contribution in [0.25, 0.3) is 11.1 Å². The SMILES string of the molecule is COC(=O)c1ccc2c(c1)oc(=O)n2CCN1CCCCC1. The normalized spacial score (nSPS) is 16.0. The van der Waals surface area contributed by atoms with Crippen LogP contribution >= 0.6 is 0 Å². The number of nitrogens with zero attached hydrogens (tertiary/aromatic N) is 2. The van der Waals surface area contributed by atoms with Gasteiger partial charge in [0.05, 0.1) is 18.2 Å². The molecule has 1 aliphatic rings. The third-order valence-corrected chi connectivity index (χ3v) is 4.18. The average Bonchev–Trinajstić information content (AvgIpc) is 2.87. The molecule has 1 fully saturated rings. The molecule has 6 nitrogen and oxygen atoms in total. The van der Waals surface area contributed by atoms with Crippen LogP contribution in [0, 0.1) is 0 Å². The quantitative estimate of drug-likeness (QED) is 0.807. The Kier molecular flexibility index (Phi) is 4.29. The van der Waals surface area contributed by atoms with Crippen LogP contribution < -0.4 is 5.76 Å².